The first-order valence-electron chi connectivity index (χ1n) is 9.28. The third-order valence-electron chi connectivity index (χ3n) is 3.93. The second-order valence-corrected chi connectivity index (χ2v) is 8.02. The van der Waals surface area contributed by atoms with Gasteiger partial charge < -0.3 is 14.3 Å². The van der Waals surface area contributed by atoms with Crippen LogP contribution in [-0.4, -0.2) is 64.9 Å². The fourth-order valence-electron chi connectivity index (χ4n) is 2.53. The van der Waals surface area contributed by atoms with Crippen LogP contribution in [0, 0.1) is 0 Å². The monoisotopic (exact) mass is 467 g/mol. The molecule has 0 N–H and O–H groups in total. The summed E-state index contributed by atoms with van der Waals surface area (Å²) in [5.41, 5.74) is 0.272. The molecule has 0 aromatic heterocycles. The summed E-state index contributed by atoms with van der Waals surface area (Å²) in [5, 5.41) is 3.29. The van der Waals surface area contributed by atoms with Crippen LogP contribution in [0.1, 0.15) is 20.7 Å². The molecule has 0 spiro atoms. The molecule has 0 saturated heterocycles. The highest BCUT2D eigenvalue weighted by Crippen LogP contribution is 2.18. The lowest BCUT2D eigenvalue weighted by Gasteiger charge is -2.27. The molecule has 0 amide bonds. The Hall–Kier alpha value is -3.31. The van der Waals surface area contributed by atoms with Crippen molar-refractivity contribution in [3.05, 3.63) is 71.8 Å². The molecule has 0 fully saturated rings. The highest BCUT2D eigenvalue weighted by molar-refractivity contribution is 7.86. The molecule has 3 unspecified atom stereocenters. The van der Waals surface area contributed by atoms with Crippen LogP contribution < -0.4 is 0 Å². The molecule has 0 aliphatic carbocycles. The minimum Gasteiger partial charge on any atom is -0.459 e. The first kappa shape index (κ1) is 25.0. The number of oxime groups is 1. The molecular weight excluding hydrogens is 445 g/mol. The van der Waals surface area contributed by atoms with E-state index in [1.54, 1.807) is 36.4 Å². The van der Waals surface area contributed by atoms with Crippen LogP contribution in [0.5, 0.6) is 0 Å². The zero-order valence-electron chi connectivity index (χ0n) is 17.3. The summed E-state index contributed by atoms with van der Waals surface area (Å²) in [4.78, 5) is 29.2. The van der Waals surface area contributed by atoms with Gasteiger partial charge >= 0.3 is 11.9 Å². The topological polar surface area (TPSA) is 118 Å². The van der Waals surface area contributed by atoms with E-state index in [4.69, 9.17) is 13.7 Å². The second-order valence-electron chi connectivity index (χ2n) is 6.42. The summed E-state index contributed by atoms with van der Waals surface area (Å²) in [7, 11) is -2.99. The lowest BCUT2D eigenvalue weighted by molar-refractivity contribution is -0.0475. The van der Waals surface area contributed by atoms with Crippen molar-refractivity contribution in [1.82, 2.24) is 0 Å². The van der Waals surface area contributed by atoms with E-state index in [1.807, 2.05) is 0 Å². The smallest absolute Gasteiger partial charge is 0.338 e. The average molecular weight is 467 g/mol. The van der Waals surface area contributed by atoms with Crippen LogP contribution in [0.4, 0.5) is 4.39 Å². The largest absolute Gasteiger partial charge is 0.459 e. The van der Waals surface area contributed by atoms with Crippen molar-refractivity contribution in [1.29, 1.82) is 0 Å². The van der Waals surface area contributed by atoms with Crippen molar-refractivity contribution >= 4 is 28.3 Å². The van der Waals surface area contributed by atoms with Crippen LogP contribution in [0.2, 0.25) is 0 Å². The van der Waals surface area contributed by atoms with E-state index in [0.29, 0.717) is 6.21 Å². The Morgan fingerprint density at radius 1 is 1.00 bits per heavy atom. The van der Waals surface area contributed by atoms with E-state index in [2.05, 4.69) is 9.99 Å². The number of carbonyl (C=O) groups is 2. The van der Waals surface area contributed by atoms with Gasteiger partial charge in [-0.05, 0) is 24.3 Å². The number of hydrogen-bond donors (Lipinski definition) is 0. The summed E-state index contributed by atoms with van der Waals surface area (Å²) >= 11 is 0. The van der Waals surface area contributed by atoms with E-state index in [-0.39, 0.29) is 11.1 Å². The maximum atomic E-state index is 14.9. The van der Waals surface area contributed by atoms with E-state index in [1.165, 1.54) is 31.4 Å². The first-order chi connectivity index (χ1) is 15.2. The van der Waals surface area contributed by atoms with Gasteiger partial charge in [-0.2, -0.15) is 8.42 Å². The minimum absolute atomic E-state index is 0.0905. The quantitative estimate of drug-likeness (QED) is 0.214. The Labute approximate surface area is 184 Å². The molecule has 0 saturated carbocycles. The SMILES string of the molecule is CON=CC(F)C(OC(=O)c1ccccc1)C(COC(=O)c1ccccc1)OS(C)(=O)=O. The molecule has 172 valence electrons. The fraction of sp³-hybridized carbons (Fsp3) is 0.286. The third kappa shape index (κ3) is 8.08. The maximum Gasteiger partial charge on any atom is 0.338 e. The normalized spacial score (nSPS) is 14.3. The number of nitrogens with zero attached hydrogens (tertiary/aromatic N) is 1. The summed E-state index contributed by atoms with van der Waals surface area (Å²) in [6, 6.07) is 15.5. The molecule has 0 heterocycles. The lowest BCUT2D eigenvalue weighted by Crippen LogP contribution is -2.45. The zero-order valence-corrected chi connectivity index (χ0v) is 18.1. The zero-order chi connectivity index (χ0) is 23.6. The summed E-state index contributed by atoms with van der Waals surface area (Å²) in [6.07, 6.45) is -4.29. The Morgan fingerprint density at radius 3 is 2.03 bits per heavy atom. The number of carbonyl (C=O) groups excluding carboxylic acids is 2. The molecule has 9 nitrogen and oxygen atoms in total. The van der Waals surface area contributed by atoms with Crippen molar-refractivity contribution in [2.24, 2.45) is 5.16 Å². The molecular formula is C21H22FNO8S. The summed E-state index contributed by atoms with van der Waals surface area (Å²) < 4.78 is 53.6. The van der Waals surface area contributed by atoms with E-state index >= 15 is 0 Å². The van der Waals surface area contributed by atoms with Gasteiger partial charge in [0, 0.05) is 0 Å². The van der Waals surface area contributed by atoms with Crippen LogP contribution >= 0.6 is 0 Å². The Kier molecular flexibility index (Phi) is 9.29. The van der Waals surface area contributed by atoms with Crippen molar-refractivity contribution in [2.75, 3.05) is 20.0 Å². The molecule has 3 atom stereocenters. The molecule has 2 aromatic carbocycles. The molecule has 0 radical (unpaired) electrons. The Balaban J connectivity index is 2.29. The fourth-order valence-corrected chi connectivity index (χ4v) is 3.15. The second kappa shape index (κ2) is 11.9. The lowest BCUT2D eigenvalue weighted by atomic mass is 10.1. The van der Waals surface area contributed by atoms with Crippen molar-refractivity contribution in [3.63, 3.8) is 0 Å². The third-order valence-corrected chi connectivity index (χ3v) is 4.52. The number of benzene rings is 2. The molecule has 0 bridgehead atoms. The van der Waals surface area contributed by atoms with Gasteiger partial charge in [0.05, 0.1) is 23.6 Å². The highest BCUT2D eigenvalue weighted by atomic mass is 32.2. The van der Waals surface area contributed by atoms with Gasteiger partial charge in [0.25, 0.3) is 10.1 Å². The number of alkyl halides is 1. The Bertz CT molecular complexity index is 1010. The van der Waals surface area contributed by atoms with Crippen LogP contribution in [0.3, 0.4) is 0 Å². The average Bonchev–Trinajstić information content (AvgIpc) is 2.78. The van der Waals surface area contributed by atoms with Gasteiger partial charge in [0.1, 0.15) is 13.7 Å². The van der Waals surface area contributed by atoms with Gasteiger partial charge in [0.15, 0.2) is 18.4 Å². The van der Waals surface area contributed by atoms with Gasteiger partial charge in [-0.15, -0.1) is 0 Å². The predicted molar refractivity (Wildman–Crippen MR) is 112 cm³/mol. The van der Waals surface area contributed by atoms with E-state index in [9.17, 15) is 22.4 Å². The van der Waals surface area contributed by atoms with Gasteiger partial charge in [-0.1, -0.05) is 41.6 Å². The predicted octanol–water partition coefficient (Wildman–Crippen LogP) is 2.38. The summed E-state index contributed by atoms with van der Waals surface area (Å²) in [6.45, 7) is -0.727. The number of rotatable bonds is 11. The van der Waals surface area contributed by atoms with Crippen LogP contribution in [0.25, 0.3) is 0 Å². The molecule has 11 heteroatoms. The van der Waals surface area contributed by atoms with Gasteiger partial charge in [-0.3, -0.25) is 4.18 Å². The minimum atomic E-state index is -4.16. The maximum absolute atomic E-state index is 14.9. The molecule has 2 rings (SSSR count). The molecule has 0 aliphatic heterocycles. The van der Waals surface area contributed by atoms with Crippen molar-refractivity contribution in [3.8, 4) is 0 Å². The molecule has 32 heavy (non-hydrogen) atoms. The van der Waals surface area contributed by atoms with Gasteiger partial charge in [-0.25, -0.2) is 14.0 Å². The number of esters is 2. The van der Waals surface area contributed by atoms with E-state index in [0.717, 1.165) is 6.26 Å². The van der Waals surface area contributed by atoms with Crippen LogP contribution in [0.15, 0.2) is 65.8 Å². The molecule has 0 aliphatic rings. The van der Waals surface area contributed by atoms with Gasteiger partial charge in [0.2, 0.25) is 0 Å². The number of ether oxygens (including phenoxy) is 2. The highest BCUT2D eigenvalue weighted by Gasteiger charge is 2.37. The molecule has 2 aromatic rings. The number of hydrogen-bond acceptors (Lipinski definition) is 9. The van der Waals surface area contributed by atoms with E-state index < -0.39 is 47.0 Å². The van der Waals surface area contributed by atoms with Crippen molar-refractivity contribution in [2.45, 2.75) is 18.4 Å². The first-order valence-corrected chi connectivity index (χ1v) is 11.1. The number of halogens is 1. The Morgan fingerprint density at radius 2 is 1.53 bits per heavy atom. The van der Waals surface area contributed by atoms with Crippen LogP contribution in [-0.2, 0) is 28.6 Å². The van der Waals surface area contributed by atoms with Crippen molar-refractivity contribution < 1.29 is 40.9 Å². The standard InChI is InChI=1S/C21H22FNO8S/c1-28-23-13-17(22)19(30-21(25)16-11-7-4-8-12-16)18(31-32(2,26)27)14-29-20(24)15-9-5-3-6-10-15/h3-13,17-19H,14H2,1-2H3. The summed E-state index contributed by atoms with van der Waals surface area (Å²) in [5.74, 6) is -1.75.